The Kier molecular flexibility index (Phi) is 4.86. The fourth-order valence-electron chi connectivity index (χ4n) is 3.44. The molecule has 2 fully saturated rings. The van der Waals surface area contributed by atoms with Crippen molar-refractivity contribution in [3.63, 3.8) is 0 Å². The summed E-state index contributed by atoms with van der Waals surface area (Å²) in [5.74, 6) is 1.17. The highest BCUT2D eigenvalue weighted by atomic mass is 15.0. The largest absolute Gasteiger partial charge is 0.310 e. The molecule has 96 valence electrons. The van der Waals surface area contributed by atoms with Crippen LogP contribution in [0, 0.1) is 23.2 Å². The van der Waals surface area contributed by atoms with Gasteiger partial charge in [0.05, 0.1) is 12.0 Å². The average molecular weight is 234 g/mol. The van der Waals surface area contributed by atoms with E-state index in [0.717, 1.165) is 12.3 Å². The predicted molar refractivity (Wildman–Crippen MR) is 70.5 cm³/mol. The van der Waals surface area contributed by atoms with Crippen LogP contribution in [0.25, 0.3) is 0 Å². The van der Waals surface area contributed by atoms with Gasteiger partial charge in [0.25, 0.3) is 0 Å². The first-order chi connectivity index (χ1) is 8.29. The van der Waals surface area contributed by atoms with Crippen LogP contribution in [0.5, 0.6) is 0 Å². The van der Waals surface area contributed by atoms with Crippen LogP contribution < -0.4 is 5.32 Å². The van der Waals surface area contributed by atoms with Crippen LogP contribution in [-0.4, -0.2) is 12.1 Å². The van der Waals surface area contributed by atoms with Crippen molar-refractivity contribution in [2.75, 3.05) is 0 Å². The fraction of sp³-hybridized carbons (Fsp3) is 0.933. The topological polar surface area (TPSA) is 35.8 Å². The molecule has 0 aromatic rings. The molecule has 0 radical (unpaired) electrons. The summed E-state index contributed by atoms with van der Waals surface area (Å²) < 4.78 is 0. The van der Waals surface area contributed by atoms with E-state index < -0.39 is 0 Å². The zero-order valence-corrected chi connectivity index (χ0v) is 11.1. The van der Waals surface area contributed by atoms with E-state index in [1.165, 1.54) is 51.4 Å². The molecule has 17 heavy (non-hydrogen) atoms. The van der Waals surface area contributed by atoms with E-state index in [2.05, 4.69) is 18.3 Å². The smallest absolute Gasteiger partial charge is 0.0672 e. The lowest BCUT2D eigenvalue weighted by atomic mass is 9.84. The van der Waals surface area contributed by atoms with Crippen molar-refractivity contribution in [1.82, 2.24) is 5.32 Å². The Bertz CT molecular complexity index is 269. The molecule has 0 bridgehead atoms. The van der Waals surface area contributed by atoms with Crippen molar-refractivity contribution < 1.29 is 0 Å². The summed E-state index contributed by atoms with van der Waals surface area (Å²) in [6, 6.07) is 3.66. The molecule has 0 aromatic heterocycles. The molecule has 0 amide bonds. The molecule has 2 aliphatic carbocycles. The maximum atomic E-state index is 9.20. The Balaban J connectivity index is 1.84. The van der Waals surface area contributed by atoms with Crippen LogP contribution in [-0.2, 0) is 0 Å². The van der Waals surface area contributed by atoms with Gasteiger partial charge >= 0.3 is 0 Å². The molecule has 0 aromatic carbocycles. The molecule has 2 heteroatoms. The summed E-state index contributed by atoms with van der Waals surface area (Å²) in [5.41, 5.74) is 0. The van der Waals surface area contributed by atoms with E-state index in [9.17, 15) is 5.26 Å². The van der Waals surface area contributed by atoms with E-state index >= 15 is 0 Å². The molecule has 0 heterocycles. The first kappa shape index (κ1) is 12.9. The number of hydrogen-bond donors (Lipinski definition) is 1. The van der Waals surface area contributed by atoms with Gasteiger partial charge in [-0.3, -0.25) is 0 Å². The zero-order chi connectivity index (χ0) is 12.1. The molecule has 2 saturated carbocycles. The molecule has 0 saturated heterocycles. The minimum Gasteiger partial charge on any atom is -0.310 e. The average Bonchev–Trinajstić information content (AvgIpc) is 2.55. The minimum atomic E-state index is 0.268. The Morgan fingerprint density at radius 1 is 0.941 bits per heavy atom. The van der Waals surface area contributed by atoms with E-state index in [1.807, 2.05) is 0 Å². The zero-order valence-electron chi connectivity index (χ0n) is 11.1. The minimum absolute atomic E-state index is 0.268. The van der Waals surface area contributed by atoms with Crippen molar-refractivity contribution in [1.29, 1.82) is 5.26 Å². The van der Waals surface area contributed by atoms with Gasteiger partial charge in [-0.2, -0.15) is 5.26 Å². The molecule has 4 atom stereocenters. The molecule has 0 aliphatic heterocycles. The van der Waals surface area contributed by atoms with Gasteiger partial charge in [0.1, 0.15) is 0 Å². The monoisotopic (exact) mass is 234 g/mol. The van der Waals surface area contributed by atoms with E-state index in [4.69, 9.17) is 0 Å². The SMILES string of the molecule is CC1CCCC(NC2CCCCC2C#N)CC1. The molecule has 2 aliphatic rings. The highest BCUT2D eigenvalue weighted by Gasteiger charge is 2.27. The van der Waals surface area contributed by atoms with Gasteiger partial charge in [0.2, 0.25) is 0 Å². The molecule has 2 rings (SSSR count). The highest BCUT2D eigenvalue weighted by Crippen LogP contribution is 2.27. The lowest BCUT2D eigenvalue weighted by Gasteiger charge is -2.31. The van der Waals surface area contributed by atoms with Gasteiger partial charge in [-0.15, -0.1) is 0 Å². The lowest BCUT2D eigenvalue weighted by molar-refractivity contribution is 0.274. The first-order valence-electron chi connectivity index (χ1n) is 7.45. The third kappa shape index (κ3) is 3.71. The van der Waals surface area contributed by atoms with Crippen molar-refractivity contribution in [3.8, 4) is 6.07 Å². The molecule has 4 unspecified atom stereocenters. The van der Waals surface area contributed by atoms with Gasteiger partial charge in [0, 0.05) is 12.1 Å². The summed E-state index contributed by atoms with van der Waals surface area (Å²) in [6.07, 6.45) is 11.6. The van der Waals surface area contributed by atoms with Gasteiger partial charge in [-0.25, -0.2) is 0 Å². The second-order valence-electron chi connectivity index (χ2n) is 6.10. The molecular formula is C15H26N2. The Labute approximate surface area is 106 Å². The lowest BCUT2D eigenvalue weighted by Crippen LogP contribution is -2.43. The summed E-state index contributed by atoms with van der Waals surface area (Å²) in [4.78, 5) is 0. The Morgan fingerprint density at radius 2 is 1.76 bits per heavy atom. The summed E-state index contributed by atoms with van der Waals surface area (Å²) in [6.45, 7) is 2.38. The summed E-state index contributed by atoms with van der Waals surface area (Å²) >= 11 is 0. The van der Waals surface area contributed by atoms with Crippen LogP contribution >= 0.6 is 0 Å². The number of nitrogens with zero attached hydrogens (tertiary/aromatic N) is 1. The molecule has 2 nitrogen and oxygen atoms in total. The van der Waals surface area contributed by atoms with Crippen LogP contribution in [0.3, 0.4) is 0 Å². The third-order valence-corrected chi connectivity index (χ3v) is 4.64. The van der Waals surface area contributed by atoms with Crippen LogP contribution in [0.4, 0.5) is 0 Å². The summed E-state index contributed by atoms with van der Waals surface area (Å²) in [5, 5.41) is 13.0. The van der Waals surface area contributed by atoms with Crippen molar-refractivity contribution in [2.45, 2.75) is 76.8 Å². The van der Waals surface area contributed by atoms with E-state index in [0.29, 0.717) is 12.1 Å². The Hall–Kier alpha value is -0.550. The maximum Gasteiger partial charge on any atom is 0.0672 e. The first-order valence-corrected chi connectivity index (χ1v) is 7.45. The fourth-order valence-corrected chi connectivity index (χ4v) is 3.44. The number of hydrogen-bond acceptors (Lipinski definition) is 2. The highest BCUT2D eigenvalue weighted by molar-refractivity contribution is 4.95. The molecular weight excluding hydrogens is 208 g/mol. The number of nitrogens with one attached hydrogen (secondary N) is 1. The quantitative estimate of drug-likeness (QED) is 0.741. The van der Waals surface area contributed by atoms with Gasteiger partial charge in [-0.05, 0) is 38.0 Å². The van der Waals surface area contributed by atoms with E-state index in [1.54, 1.807) is 0 Å². The maximum absolute atomic E-state index is 9.20. The Morgan fingerprint density at radius 3 is 2.59 bits per heavy atom. The van der Waals surface area contributed by atoms with Gasteiger partial charge < -0.3 is 5.32 Å². The number of nitriles is 1. The van der Waals surface area contributed by atoms with Gasteiger partial charge in [-0.1, -0.05) is 32.6 Å². The van der Waals surface area contributed by atoms with Crippen molar-refractivity contribution in [2.24, 2.45) is 11.8 Å². The second kappa shape index (κ2) is 6.40. The molecule has 0 spiro atoms. The molecule has 1 N–H and O–H groups in total. The van der Waals surface area contributed by atoms with Crippen LogP contribution in [0.1, 0.15) is 64.7 Å². The second-order valence-corrected chi connectivity index (χ2v) is 6.10. The van der Waals surface area contributed by atoms with Crippen LogP contribution in [0.15, 0.2) is 0 Å². The third-order valence-electron chi connectivity index (χ3n) is 4.64. The van der Waals surface area contributed by atoms with Crippen molar-refractivity contribution in [3.05, 3.63) is 0 Å². The van der Waals surface area contributed by atoms with Crippen LogP contribution in [0.2, 0.25) is 0 Å². The summed E-state index contributed by atoms with van der Waals surface area (Å²) in [7, 11) is 0. The predicted octanol–water partition coefficient (Wildman–Crippen LogP) is 3.63. The standard InChI is InChI=1S/C15H26N2/c1-12-5-4-7-14(10-9-12)17-15-8-3-2-6-13(15)11-16/h12-15,17H,2-10H2,1H3. The van der Waals surface area contributed by atoms with Crippen molar-refractivity contribution >= 4 is 0 Å². The number of rotatable bonds is 2. The van der Waals surface area contributed by atoms with Gasteiger partial charge in [0.15, 0.2) is 0 Å². The van der Waals surface area contributed by atoms with E-state index in [-0.39, 0.29) is 5.92 Å². The normalized spacial score (nSPS) is 39.3.